The molecule has 1 atom stereocenters. The molecule has 1 fully saturated rings. The molecule has 3 heteroatoms. The zero-order valence-electron chi connectivity index (χ0n) is 11.9. The van der Waals surface area contributed by atoms with Crippen molar-refractivity contribution in [1.82, 2.24) is 4.90 Å². The third kappa shape index (κ3) is 4.50. The fourth-order valence-corrected chi connectivity index (χ4v) is 3.43. The number of halogens is 1. The van der Waals surface area contributed by atoms with E-state index in [-0.39, 0.29) is 0 Å². The molecule has 0 aromatic heterocycles. The lowest BCUT2D eigenvalue weighted by Crippen LogP contribution is -2.24. The summed E-state index contributed by atoms with van der Waals surface area (Å²) in [5, 5.41) is 0. The lowest BCUT2D eigenvalue weighted by atomic mass is 9.96. The molecule has 1 heterocycles. The van der Waals surface area contributed by atoms with Crippen molar-refractivity contribution in [3.8, 4) is 0 Å². The molecule has 0 amide bonds. The van der Waals surface area contributed by atoms with Gasteiger partial charge in [0, 0.05) is 16.7 Å². The van der Waals surface area contributed by atoms with Gasteiger partial charge in [-0.2, -0.15) is 0 Å². The van der Waals surface area contributed by atoms with Crippen molar-refractivity contribution in [3.63, 3.8) is 0 Å². The molecule has 2 nitrogen and oxygen atoms in total. The van der Waals surface area contributed by atoms with E-state index in [0.29, 0.717) is 0 Å². The summed E-state index contributed by atoms with van der Waals surface area (Å²) in [4.78, 5) is 2.59. The Bertz CT molecular complexity index is 406. The first-order valence-corrected chi connectivity index (χ1v) is 8.24. The van der Waals surface area contributed by atoms with Crippen LogP contribution in [0.25, 0.3) is 0 Å². The molecule has 1 aliphatic heterocycles. The maximum absolute atomic E-state index is 5.84. The Hall–Kier alpha value is -0.540. The van der Waals surface area contributed by atoms with Crippen LogP contribution >= 0.6 is 15.9 Å². The number of nitrogens with two attached hydrogens (primary N) is 1. The molecule has 0 bridgehead atoms. The zero-order valence-corrected chi connectivity index (χ0v) is 13.5. The van der Waals surface area contributed by atoms with Crippen LogP contribution in [0.15, 0.2) is 22.7 Å². The molecule has 1 unspecified atom stereocenters. The summed E-state index contributed by atoms with van der Waals surface area (Å²) >= 11 is 3.51. The van der Waals surface area contributed by atoms with E-state index < -0.39 is 0 Å². The molecule has 1 aromatic carbocycles. The van der Waals surface area contributed by atoms with Crippen molar-refractivity contribution in [2.75, 3.05) is 18.8 Å². The smallest absolute Gasteiger partial charge is 0.0458 e. The Balaban J connectivity index is 1.90. The summed E-state index contributed by atoms with van der Waals surface area (Å²) in [6.45, 7) is 5.83. The number of hydrogen-bond donors (Lipinski definition) is 1. The molecule has 1 aromatic rings. The Kier molecular flexibility index (Phi) is 5.71. The van der Waals surface area contributed by atoms with E-state index in [1.54, 1.807) is 0 Å². The molecule has 0 spiro atoms. The molecule has 1 saturated heterocycles. The van der Waals surface area contributed by atoms with Gasteiger partial charge >= 0.3 is 0 Å². The third-order valence-corrected chi connectivity index (χ3v) is 4.80. The van der Waals surface area contributed by atoms with Crippen molar-refractivity contribution >= 4 is 21.6 Å². The highest BCUT2D eigenvalue weighted by Crippen LogP contribution is 2.24. The van der Waals surface area contributed by atoms with Crippen molar-refractivity contribution in [3.05, 3.63) is 28.2 Å². The summed E-state index contributed by atoms with van der Waals surface area (Å²) in [6, 6.07) is 6.30. The Labute approximate surface area is 125 Å². The van der Waals surface area contributed by atoms with Gasteiger partial charge in [-0.05, 0) is 71.9 Å². The minimum absolute atomic E-state index is 0.822. The number of nitrogen functional groups attached to an aromatic ring is 1. The predicted octanol–water partition coefficient (Wildman–Crippen LogP) is 4.43. The number of benzene rings is 1. The van der Waals surface area contributed by atoms with Gasteiger partial charge in [-0.15, -0.1) is 0 Å². The van der Waals surface area contributed by atoms with Gasteiger partial charge in [-0.3, -0.25) is 4.90 Å². The summed E-state index contributed by atoms with van der Waals surface area (Å²) in [5.74, 6) is 0.952. The first-order valence-electron chi connectivity index (χ1n) is 7.45. The van der Waals surface area contributed by atoms with Gasteiger partial charge in [-0.1, -0.05) is 25.8 Å². The summed E-state index contributed by atoms with van der Waals surface area (Å²) in [6.07, 6.45) is 6.86. The molecule has 0 aliphatic carbocycles. The maximum atomic E-state index is 5.84. The molecule has 0 radical (unpaired) electrons. The summed E-state index contributed by atoms with van der Waals surface area (Å²) < 4.78 is 1.02. The quantitative estimate of drug-likeness (QED) is 0.830. The second-order valence-electron chi connectivity index (χ2n) is 5.72. The van der Waals surface area contributed by atoms with Crippen LogP contribution in [0, 0.1) is 5.92 Å². The minimum Gasteiger partial charge on any atom is -0.398 e. The van der Waals surface area contributed by atoms with Gasteiger partial charge in [-0.25, -0.2) is 0 Å². The van der Waals surface area contributed by atoms with E-state index in [2.05, 4.69) is 39.9 Å². The number of rotatable bonds is 4. The van der Waals surface area contributed by atoms with Crippen LogP contribution in [-0.2, 0) is 6.54 Å². The summed E-state index contributed by atoms with van der Waals surface area (Å²) in [5.41, 5.74) is 8.02. The molecule has 0 saturated carbocycles. The van der Waals surface area contributed by atoms with E-state index in [0.717, 1.165) is 22.6 Å². The average molecular weight is 325 g/mol. The largest absolute Gasteiger partial charge is 0.398 e. The van der Waals surface area contributed by atoms with E-state index in [4.69, 9.17) is 5.73 Å². The fraction of sp³-hybridized carbons (Fsp3) is 0.625. The summed E-state index contributed by atoms with van der Waals surface area (Å²) in [7, 11) is 0. The van der Waals surface area contributed by atoms with Crippen LogP contribution in [0.4, 0.5) is 5.69 Å². The lowest BCUT2D eigenvalue weighted by molar-refractivity contribution is 0.271. The van der Waals surface area contributed by atoms with Crippen LogP contribution < -0.4 is 5.73 Å². The van der Waals surface area contributed by atoms with Crippen molar-refractivity contribution in [2.45, 2.75) is 45.6 Å². The maximum Gasteiger partial charge on any atom is 0.0458 e. The number of likely N-dealkylation sites (tertiary alicyclic amines) is 1. The third-order valence-electron chi connectivity index (χ3n) is 4.11. The van der Waals surface area contributed by atoms with Crippen LogP contribution in [-0.4, -0.2) is 18.0 Å². The molecule has 1 aliphatic rings. The van der Waals surface area contributed by atoms with Gasteiger partial charge in [0.05, 0.1) is 0 Å². The number of anilines is 1. The monoisotopic (exact) mass is 324 g/mol. The lowest BCUT2D eigenvalue weighted by Gasteiger charge is -2.20. The van der Waals surface area contributed by atoms with E-state index in [1.165, 1.54) is 50.8 Å². The van der Waals surface area contributed by atoms with E-state index in [1.807, 2.05) is 6.07 Å². The van der Waals surface area contributed by atoms with Crippen LogP contribution in [0.5, 0.6) is 0 Å². The minimum atomic E-state index is 0.822. The standard InChI is InChI=1S/C16H25BrN2/c1-2-4-13-5-3-9-19(10-8-13)12-14-6-7-16(18)15(17)11-14/h6-7,11,13H,2-5,8-10,12,18H2,1H3. The Morgan fingerprint density at radius 3 is 2.89 bits per heavy atom. The second-order valence-corrected chi connectivity index (χ2v) is 6.57. The average Bonchev–Trinajstić information content (AvgIpc) is 2.60. The molecule has 106 valence electrons. The Morgan fingerprint density at radius 2 is 2.16 bits per heavy atom. The molecule has 2 N–H and O–H groups in total. The van der Waals surface area contributed by atoms with Gasteiger partial charge in [0.15, 0.2) is 0 Å². The molecule has 2 rings (SSSR count). The predicted molar refractivity (Wildman–Crippen MR) is 86.1 cm³/mol. The van der Waals surface area contributed by atoms with Crippen molar-refractivity contribution < 1.29 is 0 Å². The zero-order chi connectivity index (χ0) is 13.7. The van der Waals surface area contributed by atoms with Gasteiger partial charge in [0.2, 0.25) is 0 Å². The first kappa shape index (κ1) is 14.9. The number of hydrogen-bond acceptors (Lipinski definition) is 2. The normalized spacial score (nSPS) is 21.3. The van der Waals surface area contributed by atoms with Crippen molar-refractivity contribution in [1.29, 1.82) is 0 Å². The van der Waals surface area contributed by atoms with Gasteiger partial charge < -0.3 is 5.73 Å². The highest BCUT2D eigenvalue weighted by atomic mass is 79.9. The fourth-order valence-electron chi connectivity index (χ4n) is 3.01. The highest BCUT2D eigenvalue weighted by molar-refractivity contribution is 9.10. The van der Waals surface area contributed by atoms with E-state index in [9.17, 15) is 0 Å². The van der Waals surface area contributed by atoms with E-state index >= 15 is 0 Å². The van der Waals surface area contributed by atoms with Crippen LogP contribution in [0.2, 0.25) is 0 Å². The number of nitrogens with zero attached hydrogens (tertiary/aromatic N) is 1. The topological polar surface area (TPSA) is 29.3 Å². The van der Waals surface area contributed by atoms with Gasteiger partial charge in [0.1, 0.15) is 0 Å². The van der Waals surface area contributed by atoms with Crippen molar-refractivity contribution in [2.24, 2.45) is 5.92 Å². The Morgan fingerprint density at radius 1 is 1.32 bits per heavy atom. The molecule has 19 heavy (non-hydrogen) atoms. The molecular weight excluding hydrogens is 300 g/mol. The highest BCUT2D eigenvalue weighted by Gasteiger charge is 2.16. The van der Waals surface area contributed by atoms with Crippen LogP contribution in [0.1, 0.15) is 44.6 Å². The molecular formula is C16H25BrN2. The van der Waals surface area contributed by atoms with Gasteiger partial charge in [0.25, 0.3) is 0 Å². The second kappa shape index (κ2) is 7.30. The first-order chi connectivity index (χ1) is 9.19. The SMILES string of the molecule is CCCC1CCCN(Cc2ccc(N)c(Br)c2)CC1. The van der Waals surface area contributed by atoms with Crippen LogP contribution in [0.3, 0.4) is 0 Å².